The molecule has 3 rings (SSSR count). The molecule has 1 fully saturated rings. The average Bonchev–Trinajstić information content (AvgIpc) is 3.28. The number of hydrogen-bond acceptors (Lipinski definition) is 5. The van der Waals surface area contributed by atoms with Crippen LogP contribution in [-0.4, -0.2) is 50.3 Å². The molecule has 0 radical (unpaired) electrons. The molecular formula is C20H24BN3O4. The Bertz CT molecular complexity index is 891. The third-order valence-electron chi connectivity index (χ3n) is 4.34. The number of ether oxygens (including phenoxy) is 1. The Morgan fingerprint density at radius 1 is 1.29 bits per heavy atom. The predicted molar refractivity (Wildman–Crippen MR) is 106 cm³/mol. The third kappa shape index (κ3) is 4.94. The van der Waals surface area contributed by atoms with Crippen molar-refractivity contribution in [3.05, 3.63) is 47.5 Å². The number of rotatable bonds is 2. The maximum absolute atomic E-state index is 12.4. The van der Waals surface area contributed by atoms with Crippen molar-refractivity contribution in [2.45, 2.75) is 45.3 Å². The van der Waals surface area contributed by atoms with Crippen LogP contribution in [0.5, 0.6) is 0 Å². The average molecular weight is 381 g/mol. The van der Waals surface area contributed by atoms with Gasteiger partial charge in [-0.2, -0.15) is 0 Å². The van der Waals surface area contributed by atoms with Gasteiger partial charge in [-0.05, 0) is 57.1 Å². The number of nitrogens with zero attached hydrogens (tertiary/aromatic N) is 2. The number of H-pyrrole nitrogens is 1. The molecule has 1 aromatic heterocycles. The topological polar surface area (TPSA) is 98.7 Å². The second-order valence-corrected chi connectivity index (χ2v) is 7.76. The monoisotopic (exact) mass is 381 g/mol. The summed E-state index contributed by atoms with van der Waals surface area (Å²) in [5.41, 5.74) is 1.28. The van der Waals surface area contributed by atoms with E-state index < -0.39 is 12.7 Å². The third-order valence-corrected chi connectivity index (χ3v) is 4.34. The van der Waals surface area contributed by atoms with E-state index in [1.54, 1.807) is 35.4 Å². The number of aromatic nitrogens is 2. The van der Waals surface area contributed by atoms with Gasteiger partial charge in [0.2, 0.25) is 0 Å². The van der Waals surface area contributed by atoms with Crippen molar-refractivity contribution in [3.8, 4) is 11.8 Å². The largest absolute Gasteiger partial charge is 0.488 e. The van der Waals surface area contributed by atoms with Crippen molar-refractivity contribution in [1.82, 2.24) is 14.9 Å². The molecular weight excluding hydrogens is 357 g/mol. The molecule has 1 aliphatic heterocycles. The fraction of sp³-hybridized carbons (Fsp3) is 0.400. The van der Waals surface area contributed by atoms with Gasteiger partial charge in [0.15, 0.2) is 0 Å². The Balaban J connectivity index is 1.71. The SMILES string of the molecule is CC(C)(C)OC(=O)N1CCCC1c1ncc(C#Cc2ccc(B(O)O)cc2)[nH]1. The van der Waals surface area contributed by atoms with Crippen LogP contribution < -0.4 is 5.46 Å². The number of amides is 1. The quantitative estimate of drug-likeness (QED) is 0.542. The molecule has 1 amide bonds. The summed E-state index contributed by atoms with van der Waals surface area (Å²) in [4.78, 5) is 21.7. The molecule has 8 heteroatoms. The molecule has 0 spiro atoms. The normalized spacial score (nSPS) is 16.5. The number of carbonyl (C=O) groups excluding carboxylic acids is 1. The summed E-state index contributed by atoms with van der Waals surface area (Å²) in [6.07, 6.45) is 3.05. The lowest BCUT2D eigenvalue weighted by atomic mass is 9.80. The molecule has 2 heterocycles. The Morgan fingerprint density at radius 2 is 2.00 bits per heavy atom. The van der Waals surface area contributed by atoms with Crippen LogP contribution in [0.4, 0.5) is 4.79 Å². The number of aromatic amines is 1. The van der Waals surface area contributed by atoms with Crippen LogP contribution >= 0.6 is 0 Å². The minimum absolute atomic E-state index is 0.143. The van der Waals surface area contributed by atoms with E-state index in [0.717, 1.165) is 18.4 Å². The predicted octanol–water partition coefficient (Wildman–Crippen LogP) is 1.56. The summed E-state index contributed by atoms with van der Waals surface area (Å²) in [6.45, 7) is 6.20. The van der Waals surface area contributed by atoms with E-state index in [1.165, 1.54) is 0 Å². The van der Waals surface area contributed by atoms with Crippen molar-refractivity contribution < 1.29 is 19.6 Å². The van der Waals surface area contributed by atoms with Crippen LogP contribution in [0.15, 0.2) is 30.5 Å². The minimum atomic E-state index is -1.49. The maximum atomic E-state index is 12.4. The van der Waals surface area contributed by atoms with Gasteiger partial charge in [-0.25, -0.2) is 9.78 Å². The highest BCUT2D eigenvalue weighted by Gasteiger charge is 2.34. The van der Waals surface area contributed by atoms with Crippen molar-refractivity contribution in [1.29, 1.82) is 0 Å². The first-order valence-electron chi connectivity index (χ1n) is 9.25. The minimum Gasteiger partial charge on any atom is -0.444 e. The van der Waals surface area contributed by atoms with Crippen LogP contribution in [0.2, 0.25) is 0 Å². The number of nitrogens with one attached hydrogen (secondary N) is 1. The van der Waals surface area contributed by atoms with E-state index in [2.05, 4.69) is 21.8 Å². The molecule has 7 nitrogen and oxygen atoms in total. The molecule has 1 atom stereocenters. The van der Waals surface area contributed by atoms with Gasteiger partial charge in [0, 0.05) is 12.1 Å². The number of benzene rings is 1. The molecule has 1 aliphatic rings. The first-order valence-corrected chi connectivity index (χ1v) is 9.25. The van der Waals surface area contributed by atoms with E-state index in [1.807, 2.05) is 20.8 Å². The van der Waals surface area contributed by atoms with E-state index >= 15 is 0 Å². The van der Waals surface area contributed by atoms with Crippen LogP contribution in [0.25, 0.3) is 0 Å². The Morgan fingerprint density at radius 3 is 2.64 bits per heavy atom. The van der Waals surface area contributed by atoms with Gasteiger partial charge >= 0.3 is 13.2 Å². The van der Waals surface area contributed by atoms with Crippen molar-refractivity contribution >= 4 is 18.7 Å². The number of hydrogen-bond donors (Lipinski definition) is 3. The molecule has 0 saturated carbocycles. The summed E-state index contributed by atoms with van der Waals surface area (Å²) < 4.78 is 5.49. The second kappa shape index (κ2) is 8.09. The van der Waals surface area contributed by atoms with E-state index in [9.17, 15) is 4.79 Å². The summed E-state index contributed by atoms with van der Waals surface area (Å²) >= 11 is 0. The molecule has 0 aliphatic carbocycles. The second-order valence-electron chi connectivity index (χ2n) is 7.76. The van der Waals surface area contributed by atoms with Gasteiger partial charge in [-0.15, -0.1) is 0 Å². The fourth-order valence-electron chi connectivity index (χ4n) is 3.04. The highest BCUT2D eigenvalue weighted by atomic mass is 16.6. The first kappa shape index (κ1) is 20.0. The number of likely N-dealkylation sites (tertiary alicyclic amines) is 1. The van der Waals surface area contributed by atoms with Crippen molar-refractivity contribution in [3.63, 3.8) is 0 Å². The van der Waals surface area contributed by atoms with Crippen LogP contribution in [0, 0.1) is 11.8 Å². The molecule has 0 bridgehead atoms. The number of imidazole rings is 1. The Labute approximate surface area is 164 Å². The molecule has 2 aromatic rings. The van der Waals surface area contributed by atoms with Gasteiger partial charge in [-0.3, -0.25) is 4.90 Å². The fourth-order valence-corrected chi connectivity index (χ4v) is 3.04. The van der Waals surface area contributed by atoms with E-state index in [-0.39, 0.29) is 12.1 Å². The summed E-state index contributed by atoms with van der Waals surface area (Å²) in [5.74, 6) is 6.71. The molecule has 1 unspecified atom stereocenters. The zero-order chi connectivity index (χ0) is 20.3. The van der Waals surface area contributed by atoms with Gasteiger partial charge in [0.1, 0.15) is 17.1 Å². The standard InChI is InChI=1S/C20H24BN3O4/c1-20(2,3)28-19(25)24-12-4-5-17(24)18-22-13-16(23-18)11-8-14-6-9-15(10-7-14)21(26)27/h6-7,9-10,13,17,26-27H,4-5,12H2,1-3H3,(H,22,23). The van der Waals surface area contributed by atoms with Crippen molar-refractivity contribution in [2.24, 2.45) is 0 Å². The maximum Gasteiger partial charge on any atom is 0.488 e. The Hall–Kier alpha value is -2.76. The lowest BCUT2D eigenvalue weighted by molar-refractivity contribution is 0.0218. The summed E-state index contributed by atoms with van der Waals surface area (Å²) in [6, 6.07) is 6.53. The molecule has 1 aromatic carbocycles. The smallest absolute Gasteiger partial charge is 0.444 e. The van der Waals surface area contributed by atoms with Gasteiger partial charge < -0.3 is 19.8 Å². The molecule has 146 valence electrons. The van der Waals surface area contributed by atoms with E-state index in [4.69, 9.17) is 14.8 Å². The zero-order valence-corrected chi connectivity index (χ0v) is 16.3. The van der Waals surface area contributed by atoms with Gasteiger partial charge in [0.05, 0.1) is 12.2 Å². The highest BCUT2D eigenvalue weighted by Crippen LogP contribution is 2.31. The van der Waals surface area contributed by atoms with Crippen LogP contribution in [-0.2, 0) is 4.74 Å². The number of carbonyl (C=O) groups is 1. The van der Waals surface area contributed by atoms with Crippen LogP contribution in [0.3, 0.4) is 0 Å². The lowest BCUT2D eigenvalue weighted by Gasteiger charge is -2.27. The molecule has 1 saturated heterocycles. The highest BCUT2D eigenvalue weighted by molar-refractivity contribution is 6.58. The summed E-state index contributed by atoms with van der Waals surface area (Å²) in [7, 11) is -1.49. The van der Waals surface area contributed by atoms with E-state index in [0.29, 0.717) is 23.5 Å². The first-order chi connectivity index (χ1) is 13.2. The zero-order valence-electron chi connectivity index (χ0n) is 16.3. The Kier molecular flexibility index (Phi) is 5.77. The lowest BCUT2D eigenvalue weighted by Crippen LogP contribution is -2.36. The van der Waals surface area contributed by atoms with Crippen molar-refractivity contribution in [2.75, 3.05) is 6.54 Å². The van der Waals surface area contributed by atoms with Gasteiger partial charge in [-0.1, -0.05) is 18.1 Å². The molecule has 28 heavy (non-hydrogen) atoms. The summed E-state index contributed by atoms with van der Waals surface area (Å²) in [5, 5.41) is 18.2. The van der Waals surface area contributed by atoms with Gasteiger partial charge in [0.25, 0.3) is 0 Å². The molecule has 3 N–H and O–H groups in total. The van der Waals surface area contributed by atoms with Crippen LogP contribution in [0.1, 0.15) is 56.7 Å².